The number of ether oxygens (including phenoxy) is 2. The highest BCUT2D eigenvalue weighted by Crippen LogP contribution is 2.41. The minimum atomic E-state index is -1.26. The van der Waals surface area contributed by atoms with E-state index in [1.807, 2.05) is 6.07 Å². The second-order valence-corrected chi connectivity index (χ2v) is 5.04. The van der Waals surface area contributed by atoms with Gasteiger partial charge in [0.1, 0.15) is 0 Å². The first-order chi connectivity index (χ1) is 7.58. The first-order valence-electron chi connectivity index (χ1n) is 5.99. The lowest BCUT2D eigenvalue weighted by molar-refractivity contribution is -0.300. The van der Waals surface area contributed by atoms with Crippen LogP contribution >= 0.6 is 0 Å². The van der Waals surface area contributed by atoms with E-state index in [0.29, 0.717) is 6.42 Å². The average Bonchev–Trinajstić information content (AvgIpc) is 2.41. The maximum Gasteiger partial charge on any atom is 0.179 e. The van der Waals surface area contributed by atoms with E-state index < -0.39 is 5.79 Å². The molecular formula is C12H19NO3. The fourth-order valence-corrected chi connectivity index (χ4v) is 2.57. The molecule has 2 aliphatic rings. The summed E-state index contributed by atoms with van der Waals surface area (Å²) in [5.74, 6) is -1.26. The lowest BCUT2D eigenvalue weighted by Gasteiger charge is -2.46. The molecule has 0 saturated carbocycles. The Balaban J connectivity index is 2.10. The average molecular weight is 225 g/mol. The van der Waals surface area contributed by atoms with Crippen LogP contribution in [-0.4, -0.2) is 29.2 Å². The van der Waals surface area contributed by atoms with Gasteiger partial charge >= 0.3 is 0 Å². The lowest BCUT2D eigenvalue weighted by Crippen LogP contribution is -2.54. The summed E-state index contributed by atoms with van der Waals surface area (Å²) in [6.45, 7) is 2.82. The number of fused-ring (bicyclic) bond motifs is 1. The molecule has 3 atom stereocenters. The van der Waals surface area contributed by atoms with Crippen molar-refractivity contribution < 1.29 is 14.6 Å². The van der Waals surface area contributed by atoms with Crippen LogP contribution in [0.25, 0.3) is 0 Å². The number of aliphatic hydroxyl groups is 1. The van der Waals surface area contributed by atoms with Crippen LogP contribution in [0.3, 0.4) is 0 Å². The van der Waals surface area contributed by atoms with Gasteiger partial charge in [-0.25, -0.2) is 0 Å². The zero-order valence-electron chi connectivity index (χ0n) is 9.74. The Kier molecular flexibility index (Phi) is 3.20. The van der Waals surface area contributed by atoms with Gasteiger partial charge in [-0.1, -0.05) is 0 Å². The van der Waals surface area contributed by atoms with E-state index in [0.717, 1.165) is 32.3 Å². The van der Waals surface area contributed by atoms with Crippen molar-refractivity contribution in [3.8, 4) is 6.07 Å². The van der Waals surface area contributed by atoms with Gasteiger partial charge in [0.15, 0.2) is 5.79 Å². The van der Waals surface area contributed by atoms with Crippen LogP contribution in [0.2, 0.25) is 0 Å². The molecule has 3 unspecified atom stereocenters. The zero-order valence-corrected chi connectivity index (χ0v) is 9.74. The molecule has 0 bridgehead atoms. The van der Waals surface area contributed by atoms with Gasteiger partial charge in [0.25, 0.3) is 0 Å². The van der Waals surface area contributed by atoms with Crippen molar-refractivity contribution in [1.29, 1.82) is 5.26 Å². The standard InChI is InChI=1S/C12H19NO3/c1-11-5-6-12(14,7-8-13)16-10(11)4-2-3-9-15-11/h10,14H,2-7,9H2,1H3. The normalized spacial score (nSPS) is 44.2. The van der Waals surface area contributed by atoms with Gasteiger partial charge in [0.05, 0.1) is 24.2 Å². The molecule has 4 heteroatoms. The minimum Gasteiger partial charge on any atom is -0.373 e. The zero-order chi connectivity index (χ0) is 11.6. The fraction of sp³-hybridized carbons (Fsp3) is 0.917. The summed E-state index contributed by atoms with van der Waals surface area (Å²) in [4.78, 5) is 0. The van der Waals surface area contributed by atoms with Gasteiger partial charge < -0.3 is 14.6 Å². The van der Waals surface area contributed by atoms with Crippen molar-refractivity contribution in [3.05, 3.63) is 0 Å². The largest absolute Gasteiger partial charge is 0.373 e. The highest BCUT2D eigenvalue weighted by Gasteiger charge is 2.48. The Hall–Kier alpha value is -0.630. The topological polar surface area (TPSA) is 62.5 Å². The van der Waals surface area contributed by atoms with Gasteiger partial charge in [0.2, 0.25) is 0 Å². The van der Waals surface area contributed by atoms with Crippen LogP contribution in [0.4, 0.5) is 0 Å². The van der Waals surface area contributed by atoms with Gasteiger partial charge in [-0.15, -0.1) is 0 Å². The quantitative estimate of drug-likeness (QED) is 0.738. The molecule has 2 rings (SSSR count). The van der Waals surface area contributed by atoms with Crippen molar-refractivity contribution in [1.82, 2.24) is 0 Å². The van der Waals surface area contributed by atoms with Gasteiger partial charge in [-0.2, -0.15) is 5.26 Å². The van der Waals surface area contributed by atoms with E-state index >= 15 is 0 Å². The Morgan fingerprint density at radius 1 is 1.44 bits per heavy atom. The number of rotatable bonds is 1. The Labute approximate surface area is 96.2 Å². The van der Waals surface area contributed by atoms with Crippen molar-refractivity contribution >= 4 is 0 Å². The second kappa shape index (κ2) is 4.33. The molecule has 2 heterocycles. The summed E-state index contributed by atoms with van der Waals surface area (Å²) in [5.41, 5.74) is -0.280. The van der Waals surface area contributed by atoms with Crippen LogP contribution < -0.4 is 0 Å². The summed E-state index contributed by atoms with van der Waals surface area (Å²) in [7, 11) is 0. The van der Waals surface area contributed by atoms with Crippen molar-refractivity contribution in [2.24, 2.45) is 0 Å². The summed E-state index contributed by atoms with van der Waals surface area (Å²) >= 11 is 0. The summed E-state index contributed by atoms with van der Waals surface area (Å²) in [6.07, 6.45) is 4.21. The maximum absolute atomic E-state index is 10.1. The van der Waals surface area contributed by atoms with E-state index in [2.05, 4.69) is 6.92 Å². The first-order valence-corrected chi connectivity index (χ1v) is 5.99. The van der Waals surface area contributed by atoms with E-state index in [1.54, 1.807) is 0 Å². The molecule has 0 spiro atoms. The number of hydrogen-bond acceptors (Lipinski definition) is 4. The molecule has 0 aliphatic carbocycles. The van der Waals surface area contributed by atoms with Crippen LogP contribution in [-0.2, 0) is 9.47 Å². The first kappa shape index (κ1) is 11.8. The van der Waals surface area contributed by atoms with Crippen molar-refractivity contribution in [2.75, 3.05) is 6.61 Å². The molecule has 0 amide bonds. The van der Waals surface area contributed by atoms with Gasteiger partial charge in [0, 0.05) is 13.0 Å². The van der Waals surface area contributed by atoms with E-state index in [9.17, 15) is 5.11 Å². The highest BCUT2D eigenvalue weighted by atomic mass is 16.6. The third kappa shape index (κ3) is 2.22. The van der Waals surface area contributed by atoms with E-state index in [-0.39, 0.29) is 18.1 Å². The molecule has 0 radical (unpaired) electrons. The lowest BCUT2D eigenvalue weighted by atomic mass is 9.84. The third-order valence-corrected chi connectivity index (χ3v) is 3.70. The predicted molar refractivity (Wildman–Crippen MR) is 57.5 cm³/mol. The molecule has 0 aromatic rings. The third-order valence-electron chi connectivity index (χ3n) is 3.70. The van der Waals surface area contributed by atoms with E-state index in [4.69, 9.17) is 14.7 Å². The number of nitriles is 1. The fourth-order valence-electron chi connectivity index (χ4n) is 2.57. The van der Waals surface area contributed by atoms with Gasteiger partial charge in [-0.05, 0) is 32.6 Å². The molecule has 2 fully saturated rings. The van der Waals surface area contributed by atoms with Crippen molar-refractivity contribution in [3.63, 3.8) is 0 Å². The smallest absolute Gasteiger partial charge is 0.179 e. The number of nitrogens with zero attached hydrogens (tertiary/aromatic N) is 1. The van der Waals surface area contributed by atoms with E-state index in [1.165, 1.54) is 0 Å². The molecule has 90 valence electrons. The molecule has 16 heavy (non-hydrogen) atoms. The molecule has 2 saturated heterocycles. The molecule has 0 aromatic heterocycles. The molecule has 4 nitrogen and oxygen atoms in total. The predicted octanol–water partition coefficient (Wildman–Crippen LogP) is 1.73. The monoisotopic (exact) mass is 225 g/mol. The molecular weight excluding hydrogens is 206 g/mol. The Bertz CT molecular complexity index is 301. The summed E-state index contributed by atoms with van der Waals surface area (Å²) in [5, 5.41) is 18.8. The molecule has 2 aliphatic heterocycles. The SMILES string of the molecule is CC12CCC(O)(CC#N)OC1CCCCO2. The second-order valence-electron chi connectivity index (χ2n) is 5.04. The van der Waals surface area contributed by atoms with Crippen molar-refractivity contribution in [2.45, 2.75) is 62.9 Å². The van der Waals surface area contributed by atoms with Gasteiger partial charge in [-0.3, -0.25) is 0 Å². The Morgan fingerprint density at radius 2 is 2.25 bits per heavy atom. The molecule has 1 N–H and O–H groups in total. The summed E-state index contributed by atoms with van der Waals surface area (Å²) in [6, 6.07) is 1.99. The van der Waals surface area contributed by atoms with Crippen LogP contribution in [0.5, 0.6) is 0 Å². The maximum atomic E-state index is 10.1. The Morgan fingerprint density at radius 3 is 3.00 bits per heavy atom. The van der Waals surface area contributed by atoms with Crippen LogP contribution in [0, 0.1) is 11.3 Å². The van der Waals surface area contributed by atoms with Crippen LogP contribution in [0.1, 0.15) is 45.4 Å². The molecule has 0 aromatic carbocycles. The highest BCUT2D eigenvalue weighted by molar-refractivity contribution is 4.96. The number of hydrogen-bond donors (Lipinski definition) is 1. The minimum absolute atomic E-state index is 0.0413. The van der Waals surface area contributed by atoms with Crippen LogP contribution in [0.15, 0.2) is 0 Å². The summed E-state index contributed by atoms with van der Waals surface area (Å²) < 4.78 is 11.6.